The summed E-state index contributed by atoms with van der Waals surface area (Å²) in [4.78, 5) is 0. The van der Waals surface area contributed by atoms with Crippen LogP contribution in [0.1, 0.15) is 5.56 Å². The van der Waals surface area contributed by atoms with Crippen LogP contribution in [-0.4, -0.2) is 6.61 Å². The molecule has 14 heavy (non-hydrogen) atoms. The molecular weight excluding hydrogens is 235 g/mol. The molecule has 1 aromatic rings. The molecule has 0 aromatic heterocycles. The molecule has 0 aliphatic heterocycles. The maximum Gasteiger partial charge on any atom is 0.387 e. The van der Waals surface area contributed by atoms with E-state index in [9.17, 15) is 8.78 Å². The monoisotopic (exact) mass is 237 g/mol. The lowest BCUT2D eigenvalue weighted by Gasteiger charge is -2.07. The summed E-state index contributed by atoms with van der Waals surface area (Å²) in [5.74, 6) is -0.261. The van der Waals surface area contributed by atoms with E-state index < -0.39 is 6.61 Å². The molecule has 0 heterocycles. The van der Waals surface area contributed by atoms with E-state index in [2.05, 4.69) is 4.74 Å². The number of rotatable bonds is 2. The van der Waals surface area contributed by atoms with Crippen LogP contribution in [0.2, 0.25) is 10.0 Å². The van der Waals surface area contributed by atoms with Gasteiger partial charge in [0.1, 0.15) is 11.8 Å². The van der Waals surface area contributed by atoms with Crippen molar-refractivity contribution in [2.75, 3.05) is 0 Å². The van der Waals surface area contributed by atoms with Crippen molar-refractivity contribution in [3.63, 3.8) is 0 Å². The number of hydrogen-bond donors (Lipinski definition) is 0. The third-order valence-electron chi connectivity index (χ3n) is 1.36. The second kappa shape index (κ2) is 4.45. The van der Waals surface area contributed by atoms with Crippen molar-refractivity contribution in [3.05, 3.63) is 27.7 Å². The minimum Gasteiger partial charge on any atom is -0.433 e. The predicted molar refractivity (Wildman–Crippen MR) is 47.8 cm³/mol. The van der Waals surface area contributed by atoms with Crippen molar-refractivity contribution in [1.29, 1.82) is 5.26 Å². The smallest absolute Gasteiger partial charge is 0.387 e. The Labute approximate surface area is 88.6 Å². The van der Waals surface area contributed by atoms with Gasteiger partial charge in [-0.15, -0.1) is 0 Å². The molecule has 0 bridgehead atoms. The van der Waals surface area contributed by atoms with E-state index in [1.165, 1.54) is 6.07 Å². The van der Waals surface area contributed by atoms with E-state index in [1.54, 1.807) is 6.07 Å². The van der Waals surface area contributed by atoms with Crippen LogP contribution in [0.25, 0.3) is 0 Å². The first-order valence-corrected chi connectivity index (χ1v) is 4.14. The van der Waals surface area contributed by atoms with Gasteiger partial charge in [0.25, 0.3) is 0 Å². The van der Waals surface area contributed by atoms with Gasteiger partial charge in [0.05, 0.1) is 15.6 Å². The molecule has 0 aliphatic rings. The zero-order valence-electron chi connectivity index (χ0n) is 6.60. The van der Waals surface area contributed by atoms with Crippen LogP contribution < -0.4 is 4.74 Å². The highest BCUT2D eigenvalue weighted by atomic mass is 35.5. The average Bonchev–Trinajstić information content (AvgIpc) is 2.09. The summed E-state index contributed by atoms with van der Waals surface area (Å²) in [6.07, 6.45) is 0. The molecule has 0 spiro atoms. The van der Waals surface area contributed by atoms with Gasteiger partial charge in [-0.2, -0.15) is 14.0 Å². The van der Waals surface area contributed by atoms with E-state index in [1.807, 2.05) is 0 Å². The van der Waals surface area contributed by atoms with Crippen LogP contribution in [-0.2, 0) is 0 Å². The summed E-state index contributed by atoms with van der Waals surface area (Å²) in [6.45, 7) is -2.99. The molecular formula is C8H3Cl2F2NO. The van der Waals surface area contributed by atoms with Gasteiger partial charge in [-0.1, -0.05) is 23.2 Å². The highest BCUT2D eigenvalue weighted by molar-refractivity contribution is 6.36. The van der Waals surface area contributed by atoms with Gasteiger partial charge >= 0.3 is 6.61 Å². The second-order valence-electron chi connectivity index (χ2n) is 2.25. The first-order valence-electron chi connectivity index (χ1n) is 3.38. The van der Waals surface area contributed by atoms with Crippen molar-refractivity contribution in [2.45, 2.75) is 6.61 Å². The molecule has 6 heteroatoms. The van der Waals surface area contributed by atoms with Gasteiger partial charge in [-0.05, 0) is 6.07 Å². The van der Waals surface area contributed by atoms with Gasteiger partial charge in [0.2, 0.25) is 0 Å². The molecule has 1 aromatic carbocycles. The number of halogens is 4. The summed E-state index contributed by atoms with van der Waals surface area (Å²) in [5, 5.41) is 8.58. The summed E-state index contributed by atoms with van der Waals surface area (Å²) in [5.41, 5.74) is 0.0340. The summed E-state index contributed by atoms with van der Waals surface area (Å²) < 4.78 is 27.7. The summed E-state index contributed by atoms with van der Waals surface area (Å²) in [7, 11) is 0. The number of alkyl halides is 2. The first-order chi connectivity index (χ1) is 6.54. The number of ether oxygens (including phenoxy) is 1. The van der Waals surface area contributed by atoms with Crippen LogP contribution in [0.3, 0.4) is 0 Å². The third kappa shape index (κ3) is 2.47. The fraction of sp³-hybridized carbons (Fsp3) is 0.125. The van der Waals surface area contributed by atoms with E-state index in [0.717, 1.165) is 6.07 Å². The zero-order valence-corrected chi connectivity index (χ0v) is 8.11. The normalized spacial score (nSPS) is 10.0. The lowest BCUT2D eigenvalue weighted by atomic mass is 10.2. The molecule has 2 nitrogen and oxygen atoms in total. The Morgan fingerprint density at radius 3 is 2.43 bits per heavy atom. The molecule has 0 aliphatic carbocycles. The van der Waals surface area contributed by atoms with Crippen LogP contribution in [0.15, 0.2) is 12.1 Å². The van der Waals surface area contributed by atoms with Crippen molar-refractivity contribution >= 4 is 23.2 Å². The summed E-state index contributed by atoms with van der Waals surface area (Å²) in [6, 6.07) is 3.97. The predicted octanol–water partition coefficient (Wildman–Crippen LogP) is 3.47. The topological polar surface area (TPSA) is 33.0 Å². The molecule has 0 amide bonds. The molecule has 0 saturated carbocycles. The van der Waals surface area contributed by atoms with Gasteiger partial charge < -0.3 is 4.74 Å². The maximum absolute atomic E-state index is 11.8. The van der Waals surface area contributed by atoms with E-state index in [0.29, 0.717) is 0 Å². The van der Waals surface area contributed by atoms with Crippen LogP contribution in [0.5, 0.6) is 5.75 Å². The Bertz CT molecular complexity index is 390. The minimum atomic E-state index is -2.99. The molecule has 0 fully saturated rings. The highest BCUT2D eigenvalue weighted by Crippen LogP contribution is 2.31. The molecule has 74 valence electrons. The fourth-order valence-corrected chi connectivity index (χ4v) is 1.27. The lowest BCUT2D eigenvalue weighted by molar-refractivity contribution is -0.0497. The Morgan fingerprint density at radius 1 is 1.29 bits per heavy atom. The van der Waals surface area contributed by atoms with Crippen molar-refractivity contribution < 1.29 is 13.5 Å². The molecule has 0 unspecified atom stereocenters. The van der Waals surface area contributed by atoms with Crippen LogP contribution in [0.4, 0.5) is 8.78 Å². The lowest BCUT2D eigenvalue weighted by Crippen LogP contribution is -2.02. The molecule has 0 atom stereocenters. The second-order valence-corrected chi connectivity index (χ2v) is 3.07. The highest BCUT2D eigenvalue weighted by Gasteiger charge is 2.12. The molecule has 0 saturated heterocycles. The van der Waals surface area contributed by atoms with Crippen molar-refractivity contribution in [3.8, 4) is 11.8 Å². The number of hydrogen-bond acceptors (Lipinski definition) is 2. The molecule has 1 rings (SSSR count). The number of nitrogens with zero attached hydrogens (tertiary/aromatic N) is 1. The fourth-order valence-electron chi connectivity index (χ4n) is 0.801. The molecule has 0 radical (unpaired) electrons. The van der Waals surface area contributed by atoms with E-state index >= 15 is 0 Å². The van der Waals surface area contributed by atoms with Crippen molar-refractivity contribution in [2.24, 2.45) is 0 Å². The van der Waals surface area contributed by atoms with Crippen LogP contribution in [0, 0.1) is 11.3 Å². The summed E-state index contributed by atoms with van der Waals surface area (Å²) >= 11 is 11.1. The van der Waals surface area contributed by atoms with Gasteiger partial charge in [-0.25, -0.2) is 0 Å². The Hall–Kier alpha value is -1.05. The Balaban J connectivity index is 3.12. The standard InChI is InChI=1S/C8H3Cl2F2NO/c9-5-2-6(10)7(14-8(11)12)1-4(5)3-13/h1-2,8H. The number of benzene rings is 1. The third-order valence-corrected chi connectivity index (χ3v) is 1.97. The van der Waals surface area contributed by atoms with Gasteiger partial charge in [-0.3, -0.25) is 0 Å². The van der Waals surface area contributed by atoms with Gasteiger partial charge in [0.15, 0.2) is 0 Å². The zero-order chi connectivity index (χ0) is 10.7. The van der Waals surface area contributed by atoms with Crippen LogP contribution >= 0.6 is 23.2 Å². The minimum absolute atomic E-state index is 0.0340. The SMILES string of the molecule is N#Cc1cc(OC(F)F)c(Cl)cc1Cl. The van der Waals surface area contributed by atoms with E-state index in [4.69, 9.17) is 28.5 Å². The quantitative estimate of drug-likeness (QED) is 0.790. The molecule has 0 N–H and O–H groups in total. The Morgan fingerprint density at radius 2 is 1.93 bits per heavy atom. The average molecular weight is 238 g/mol. The number of nitriles is 1. The Kier molecular flexibility index (Phi) is 3.50. The van der Waals surface area contributed by atoms with E-state index in [-0.39, 0.29) is 21.4 Å². The largest absolute Gasteiger partial charge is 0.433 e. The first kappa shape index (κ1) is 11.0. The maximum atomic E-state index is 11.8. The van der Waals surface area contributed by atoms with Gasteiger partial charge in [0, 0.05) is 6.07 Å². The van der Waals surface area contributed by atoms with Crippen molar-refractivity contribution in [1.82, 2.24) is 0 Å².